The molecule has 0 aliphatic heterocycles. The molecule has 0 bridgehead atoms. The average Bonchev–Trinajstić information content (AvgIpc) is 2.79. The topological polar surface area (TPSA) is 0 Å². The first-order valence-electron chi connectivity index (χ1n) is 6.56. The molecular formula is C18H20S. The molecule has 98 valence electrons. The summed E-state index contributed by atoms with van der Waals surface area (Å²) in [6.07, 6.45) is 0. The number of hydrogen-bond donors (Lipinski definition) is 0. The van der Waals surface area contributed by atoms with Crippen LogP contribution in [0.4, 0.5) is 0 Å². The zero-order valence-electron chi connectivity index (χ0n) is 12.0. The summed E-state index contributed by atoms with van der Waals surface area (Å²) in [4.78, 5) is 2.80. The molecule has 19 heavy (non-hydrogen) atoms. The summed E-state index contributed by atoms with van der Waals surface area (Å²) in [5.74, 6) is 0. The lowest BCUT2D eigenvalue weighted by Crippen LogP contribution is -1.80. The zero-order valence-corrected chi connectivity index (χ0v) is 12.8. The number of fused-ring (bicyclic) bond motifs is 1. The summed E-state index contributed by atoms with van der Waals surface area (Å²) < 4.78 is 0. The van der Waals surface area contributed by atoms with Crippen LogP contribution in [0.1, 0.15) is 20.9 Å². The molecule has 1 heterocycles. The monoisotopic (exact) mass is 268 g/mol. The Bertz CT molecular complexity index is 620. The van der Waals surface area contributed by atoms with Gasteiger partial charge in [-0.3, -0.25) is 0 Å². The van der Waals surface area contributed by atoms with Gasteiger partial charge in [0, 0.05) is 9.75 Å². The minimum absolute atomic E-state index is 1.36. The van der Waals surface area contributed by atoms with Crippen molar-refractivity contribution in [1.29, 1.82) is 0 Å². The highest BCUT2D eigenvalue weighted by Crippen LogP contribution is 2.21. The average molecular weight is 268 g/mol. The molecule has 0 fully saturated rings. The van der Waals surface area contributed by atoms with Crippen molar-refractivity contribution < 1.29 is 0 Å². The van der Waals surface area contributed by atoms with Crippen LogP contribution in [0.2, 0.25) is 0 Å². The highest BCUT2D eigenvalue weighted by molar-refractivity contribution is 7.11. The van der Waals surface area contributed by atoms with Crippen LogP contribution in [0, 0.1) is 27.7 Å². The lowest BCUT2D eigenvalue weighted by Gasteiger charge is -2.03. The van der Waals surface area contributed by atoms with Crippen molar-refractivity contribution in [2.75, 3.05) is 0 Å². The Morgan fingerprint density at radius 1 is 0.579 bits per heavy atom. The molecule has 0 saturated heterocycles. The van der Waals surface area contributed by atoms with Crippen LogP contribution in [0.25, 0.3) is 10.8 Å². The lowest BCUT2D eigenvalue weighted by atomic mass is 10.0. The molecule has 0 saturated carbocycles. The van der Waals surface area contributed by atoms with E-state index in [1.54, 1.807) is 0 Å². The first kappa shape index (κ1) is 13.8. The molecule has 1 heteroatoms. The van der Waals surface area contributed by atoms with E-state index in [1.807, 2.05) is 11.3 Å². The van der Waals surface area contributed by atoms with Gasteiger partial charge in [-0.1, -0.05) is 36.4 Å². The minimum Gasteiger partial charge on any atom is -0.146 e. The van der Waals surface area contributed by atoms with Gasteiger partial charge in [0.05, 0.1) is 0 Å². The fourth-order valence-corrected chi connectivity index (χ4v) is 2.94. The first-order valence-corrected chi connectivity index (χ1v) is 7.37. The van der Waals surface area contributed by atoms with Gasteiger partial charge in [-0.25, -0.2) is 0 Å². The number of aryl methyl sites for hydroxylation is 4. The predicted molar refractivity (Wildman–Crippen MR) is 87.2 cm³/mol. The Morgan fingerprint density at radius 3 is 1.32 bits per heavy atom. The Balaban J connectivity index is 0.000000163. The number of benzene rings is 2. The molecule has 2 aromatic carbocycles. The Hall–Kier alpha value is -1.60. The van der Waals surface area contributed by atoms with Crippen LogP contribution in [0.15, 0.2) is 48.5 Å². The van der Waals surface area contributed by atoms with Crippen LogP contribution in [0.3, 0.4) is 0 Å². The second kappa shape index (κ2) is 6.03. The van der Waals surface area contributed by atoms with E-state index in [4.69, 9.17) is 0 Å². The van der Waals surface area contributed by atoms with E-state index in [2.05, 4.69) is 76.2 Å². The number of hydrogen-bond acceptors (Lipinski definition) is 1. The molecule has 0 spiro atoms. The number of rotatable bonds is 0. The van der Waals surface area contributed by atoms with E-state index in [1.165, 1.54) is 31.7 Å². The van der Waals surface area contributed by atoms with E-state index >= 15 is 0 Å². The standard InChI is InChI=1S/C12H12.C6H8S/c1-9-7-8-10(2)12-6-4-3-5-11(9)12;1-5-3-4-6(2)7-5/h3-8H,1-2H3;3-4H,1-2H3. The van der Waals surface area contributed by atoms with Crippen molar-refractivity contribution in [3.63, 3.8) is 0 Å². The second-order valence-corrected chi connectivity index (χ2v) is 6.39. The minimum atomic E-state index is 1.36. The van der Waals surface area contributed by atoms with E-state index in [0.717, 1.165) is 0 Å². The van der Waals surface area contributed by atoms with Crippen molar-refractivity contribution in [3.05, 3.63) is 69.4 Å². The van der Waals surface area contributed by atoms with E-state index in [9.17, 15) is 0 Å². The first-order chi connectivity index (χ1) is 9.08. The van der Waals surface area contributed by atoms with Crippen molar-refractivity contribution in [2.24, 2.45) is 0 Å². The summed E-state index contributed by atoms with van der Waals surface area (Å²) in [7, 11) is 0. The van der Waals surface area contributed by atoms with Gasteiger partial charge in [-0.05, 0) is 61.7 Å². The molecule has 3 aromatic rings. The predicted octanol–water partition coefficient (Wildman–Crippen LogP) is 5.82. The van der Waals surface area contributed by atoms with Crippen LogP contribution in [-0.4, -0.2) is 0 Å². The van der Waals surface area contributed by atoms with Gasteiger partial charge in [0.2, 0.25) is 0 Å². The molecule has 0 atom stereocenters. The molecule has 0 nitrogen and oxygen atoms in total. The molecule has 0 amide bonds. The van der Waals surface area contributed by atoms with Crippen molar-refractivity contribution in [1.82, 2.24) is 0 Å². The molecule has 0 aliphatic carbocycles. The van der Waals surface area contributed by atoms with E-state index in [0.29, 0.717) is 0 Å². The van der Waals surface area contributed by atoms with Crippen molar-refractivity contribution in [2.45, 2.75) is 27.7 Å². The van der Waals surface area contributed by atoms with Gasteiger partial charge in [0.25, 0.3) is 0 Å². The molecular weight excluding hydrogens is 248 g/mol. The maximum atomic E-state index is 2.18. The van der Waals surface area contributed by atoms with E-state index < -0.39 is 0 Å². The highest BCUT2D eigenvalue weighted by Gasteiger charge is 1.97. The maximum Gasteiger partial charge on any atom is 0.00170 e. The molecule has 1 aromatic heterocycles. The molecule has 3 rings (SSSR count). The Labute approximate surface area is 119 Å². The molecule has 0 aliphatic rings. The van der Waals surface area contributed by atoms with Gasteiger partial charge in [0.15, 0.2) is 0 Å². The van der Waals surface area contributed by atoms with Crippen molar-refractivity contribution >= 4 is 22.1 Å². The normalized spacial score (nSPS) is 10.1. The van der Waals surface area contributed by atoms with Gasteiger partial charge >= 0.3 is 0 Å². The SMILES string of the molecule is Cc1ccc(C)c2ccccc12.Cc1ccc(C)s1. The second-order valence-electron chi connectivity index (χ2n) is 4.90. The summed E-state index contributed by atoms with van der Waals surface area (Å²) in [6, 6.07) is 17.2. The summed E-state index contributed by atoms with van der Waals surface area (Å²) in [5.41, 5.74) is 2.72. The fourth-order valence-electron chi connectivity index (χ4n) is 2.16. The van der Waals surface area contributed by atoms with Gasteiger partial charge in [-0.15, -0.1) is 11.3 Å². The zero-order chi connectivity index (χ0) is 13.8. The van der Waals surface area contributed by atoms with Crippen molar-refractivity contribution in [3.8, 4) is 0 Å². The summed E-state index contributed by atoms with van der Waals surface area (Å²) >= 11 is 1.84. The third-order valence-electron chi connectivity index (χ3n) is 3.23. The summed E-state index contributed by atoms with van der Waals surface area (Å²) in [6.45, 7) is 8.55. The highest BCUT2D eigenvalue weighted by atomic mass is 32.1. The van der Waals surface area contributed by atoms with E-state index in [-0.39, 0.29) is 0 Å². The van der Waals surface area contributed by atoms with Crippen LogP contribution < -0.4 is 0 Å². The van der Waals surface area contributed by atoms with Gasteiger partial charge in [-0.2, -0.15) is 0 Å². The Kier molecular flexibility index (Phi) is 4.39. The van der Waals surface area contributed by atoms with Gasteiger partial charge in [0.1, 0.15) is 0 Å². The summed E-state index contributed by atoms with van der Waals surface area (Å²) in [5, 5.41) is 2.75. The largest absolute Gasteiger partial charge is 0.146 e. The van der Waals surface area contributed by atoms with Gasteiger partial charge < -0.3 is 0 Å². The quantitative estimate of drug-likeness (QED) is 0.482. The molecule has 0 N–H and O–H groups in total. The number of thiophene rings is 1. The molecule has 0 radical (unpaired) electrons. The van der Waals surface area contributed by atoms with Crippen LogP contribution in [0.5, 0.6) is 0 Å². The molecule has 0 unspecified atom stereocenters. The Morgan fingerprint density at radius 2 is 1.00 bits per heavy atom. The van der Waals surface area contributed by atoms with Crippen LogP contribution >= 0.6 is 11.3 Å². The maximum absolute atomic E-state index is 2.18. The van der Waals surface area contributed by atoms with Crippen LogP contribution in [-0.2, 0) is 0 Å². The lowest BCUT2D eigenvalue weighted by molar-refractivity contribution is 1.46. The third kappa shape index (κ3) is 3.45. The third-order valence-corrected chi connectivity index (χ3v) is 4.15. The fraction of sp³-hybridized carbons (Fsp3) is 0.222. The smallest absolute Gasteiger partial charge is 0.00170 e.